The molecule has 24 heavy (non-hydrogen) atoms. The summed E-state index contributed by atoms with van der Waals surface area (Å²) < 4.78 is 42.3. The summed E-state index contributed by atoms with van der Waals surface area (Å²) in [6.07, 6.45) is -3.27. The third-order valence-corrected chi connectivity index (χ3v) is 3.77. The van der Waals surface area contributed by atoms with Crippen LogP contribution in [0.1, 0.15) is 18.4 Å². The van der Waals surface area contributed by atoms with Gasteiger partial charge in [0.15, 0.2) is 0 Å². The quantitative estimate of drug-likeness (QED) is 0.747. The monoisotopic (exact) mass is 344 g/mol. The molecule has 1 aromatic rings. The molecule has 2 N–H and O–H groups in total. The van der Waals surface area contributed by atoms with Crippen LogP contribution in [-0.2, 0) is 20.5 Å². The van der Waals surface area contributed by atoms with Crippen LogP contribution in [0.2, 0.25) is 0 Å². The highest BCUT2D eigenvalue weighted by atomic mass is 19.4. The van der Waals surface area contributed by atoms with E-state index in [0.717, 1.165) is 12.1 Å². The number of methoxy groups -OCH3 is 1. The zero-order valence-corrected chi connectivity index (χ0v) is 13.2. The van der Waals surface area contributed by atoms with Crippen molar-refractivity contribution in [1.82, 2.24) is 5.32 Å². The van der Waals surface area contributed by atoms with Crippen LogP contribution in [0.25, 0.3) is 0 Å². The highest BCUT2D eigenvalue weighted by molar-refractivity contribution is 5.99. The van der Waals surface area contributed by atoms with E-state index in [-0.39, 0.29) is 23.4 Å². The Labute approximate surface area is 137 Å². The van der Waals surface area contributed by atoms with Crippen LogP contribution >= 0.6 is 0 Å². The van der Waals surface area contributed by atoms with Gasteiger partial charge in [-0.25, -0.2) is 0 Å². The summed E-state index contributed by atoms with van der Waals surface area (Å²) in [5, 5.41) is 5.27. The normalized spacial score (nSPS) is 19.7. The predicted molar refractivity (Wildman–Crippen MR) is 81.2 cm³/mol. The number of amides is 2. The van der Waals surface area contributed by atoms with Crippen molar-refractivity contribution >= 4 is 17.5 Å². The molecule has 5 nitrogen and oxygen atoms in total. The maximum absolute atomic E-state index is 12.5. The largest absolute Gasteiger partial charge is 0.416 e. The van der Waals surface area contributed by atoms with E-state index in [4.69, 9.17) is 4.74 Å². The Morgan fingerprint density at radius 2 is 1.79 bits per heavy atom. The summed E-state index contributed by atoms with van der Waals surface area (Å²) in [6.45, 7) is 1.03. The molecule has 2 amide bonds. The number of ether oxygens (including phenoxy) is 1. The molecular weight excluding hydrogens is 325 g/mol. The molecule has 0 spiro atoms. The van der Waals surface area contributed by atoms with Gasteiger partial charge in [0, 0.05) is 25.9 Å². The van der Waals surface area contributed by atoms with Gasteiger partial charge in [0.25, 0.3) is 0 Å². The number of halogens is 3. The Hall–Kier alpha value is -2.09. The second kappa shape index (κ2) is 7.65. The van der Waals surface area contributed by atoms with Gasteiger partial charge in [-0.15, -0.1) is 0 Å². The number of benzene rings is 1. The van der Waals surface area contributed by atoms with Crippen LogP contribution in [0.4, 0.5) is 18.9 Å². The molecule has 2 atom stereocenters. The van der Waals surface area contributed by atoms with E-state index in [1.807, 2.05) is 0 Å². The molecule has 0 saturated heterocycles. The topological polar surface area (TPSA) is 67.4 Å². The maximum atomic E-state index is 12.5. The van der Waals surface area contributed by atoms with Gasteiger partial charge < -0.3 is 15.4 Å². The van der Waals surface area contributed by atoms with Gasteiger partial charge in [-0.05, 0) is 37.1 Å². The zero-order chi connectivity index (χ0) is 17.7. The Morgan fingerprint density at radius 1 is 1.17 bits per heavy atom. The smallest absolute Gasteiger partial charge is 0.385 e. The van der Waals surface area contributed by atoms with Gasteiger partial charge in [-0.1, -0.05) is 0 Å². The minimum absolute atomic E-state index is 0.182. The minimum atomic E-state index is -4.41. The molecule has 0 bridgehead atoms. The van der Waals surface area contributed by atoms with Gasteiger partial charge >= 0.3 is 6.18 Å². The van der Waals surface area contributed by atoms with Gasteiger partial charge in [-0.3, -0.25) is 9.59 Å². The molecule has 2 unspecified atom stereocenters. The maximum Gasteiger partial charge on any atom is 0.416 e. The van der Waals surface area contributed by atoms with Crippen LogP contribution in [-0.4, -0.2) is 32.1 Å². The van der Waals surface area contributed by atoms with Crippen molar-refractivity contribution in [3.05, 3.63) is 29.8 Å². The van der Waals surface area contributed by atoms with Crippen molar-refractivity contribution in [3.8, 4) is 0 Å². The Bertz CT molecular complexity index is 587. The number of alkyl halides is 3. The average molecular weight is 344 g/mol. The van der Waals surface area contributed by atoms with Gasteiger partial charge in [0.2, 0.25) is 11.8 Å². The Kier molecular flexibility index (Phi) is 5.82. The first-order valence-electron chi connectivity index (χ1n) is 7.57. The molecule has 0 heterocycles. The summed E-state index contributed by atoms with van der Waals surface area (Å²) in [7, 11) is 1.57. The second-order valence-corrected chi connectivity index (χ2v) is 5.65. The van der Waals surface area contributed by atoms with Crippen LogP contribution < -0.4 is 10.6 Å². The number of nitrogens with one attached hydrogen (secondary N) is 2. The van der Waals surface area contributed by atoms with Crippen LogP contribution in [0.5, 0.6) is 0 Å². The molecule has 1 fully saturated rings. The summed E-state index contributed by atoms with van der Waals surface area (Å²) in [6, 6.07) is 4.21. The molecular formula is C16H19F3N2O3. The lowest BCUT2D eigenvalue weighted by Crippen LogP contribution is -2.28. The minimum Gasteiger partial charge on any atom is -0.385 e. The summed E-state index contributed by atoms with van der Waals surface area (Å²) >= 11 is 0. The van der Waals surface area contributed by atoms with E-state index >= 15 is 0 Å². The Morgan fingerprint density at radius 3 is 2.38 bits per heavy atom. The summed E-state index contributed by atoms with van der Waals surface area (Å²) in [5.41, 5.74) is -0.501. The van der Waals surface area contributed by atoms with Gasteiger partial charge in [-0.2, -0.15) is 13.2 Å². The van der Waals surface area contributed by atoms with Gasteiger partial charge in [0.05, 0.1) is 17.4 Å². The highest BCUT2D eigenvalue weighted by Gasteiger charge is 2.47. The first-order chi connectivity index (χ1) is 11.3. The van der Waals surface area contributed by atoms with E-state index in [2.05, 4.69) is 10.6 Å². The number of hydrogen-bond acceptors (Lipinski definition) is 3. The summed E-state index contributed by atoms with van der Waals surface area (Å²) in [4.78, 5) is 23.8. The number of carbonyl (C=O) groups is 2. The lowest BCUT2D eigenvalue weighted by atomic mass is 10.2. The van der Waals surface area contributed by atoms with Crippen LogP contribution in [0.15, 0.2) is 24.3 Å². The van der Waals surface area contributed by atoms with Crippen LogP contribution in [0.3, 0.4) is 0 Å². The lowest BCUT2D eigenvalue weighted by molar-refractivity contribution is -0.137. The van der Waals surface area contributed by atoms with Crippen molar-refractivity contribution in [1.29, 1.82) is 0 Å². The van der Waals surface area contributed by atoms with Crippen molar-refractivity contribution in [3.63, 3.8) is 0 Å². The molecule has 2 rings (SSSR count). The fourth-order valence-corrected chi connectivity index (χ4v) is 2.31. The zero-order valence-electron chi connectivity index (χ0n) is 13.2. The molecule has 0 aromatic heterocycles. The van der Waals surface area contributed by atoms with Crippen LogP contribution in [0, 0.1) is 11.8 Å². The molecule has 1 aliphatic carbocycles. The highest BCUT2D eigenvalue weighted by Crippen LogP contribution is 2.39. The molecule has 1 saturated carbocycles. The van der Waals surface area contributed by atoms with Crippen molar-refractivity contribution in [2.45, 2.75) is 19.0 Å². The van der Waals surface area contributed by atoms with E-state index in [9.17, 15) is 22.8 Å². The average Bonchev–Trinajstić information content (AvgIpc) is 3.32. The molecule has 1 aromatic carbocycles. The first kappa shape index (κ1) is 18.3. The van der Waals surface area contributed by atoms with Gasteiger partial charge in [0.1, 0.15) is 0 Å². The van der Waals surface area contributed by atoms with Crippen molar-refractivity contribution in [2.75, 3.05) is 25.6 Å². The number of anilines is 1. The third-order valence-electron chi connectivity index (χ3n) is 3.77. The molecule has 0 aliphatic heterocycles. The van der Waals surface area contributed by atoms with Crippen molar-refractivity contribution < 1.29 is 27.5 Å². The number of carbonyl (C=O) groups excluding carboxylic acids is 2. The molecule has 1 aliphatic rings. The van der Waals surface area contributed by atoms with E-state index in [1.165, 1.54) is 12.1 Å². The lowest BCUT2D eigenvalue weighted by Gasteiger charge is -2.09. The summed E-state index contributed by atoms with van der Waals surface area (Å²) in [5.74, 6) is -1.35. The molecule has 132 valence electrons. The SMILES string of the molecule is COCCCNC(=O)C1CC1C(=O)Nc1ccc(C(F)(F)F)cc1. The molecule has 8 heteroatoms. The number of hydrogen-bond donors (Lipinski definition) is 2. The van der Waals surface area contributed by atoms with Crippen molar-refractivity contribution in [2.24, 2.45) is 11.8 Å². The standard InChI is InChI=1S/C16H19F3N2O3/c1-24-8-2-7-20-14(22)12-9-13(12)15(23)21-11-5-3-10(4-6-11)16(17,18)19/h3-6,12-13H,2,7-9H2,1H3,(H,20,22)(H,21,23). The fourth-order valence-electron chi connectivity index (χ4n) is 2.31. The second-order valence-electron chi connectivity index (χ2n) is 5.65. The van der Waals surface area contributed by atoms with E-state index < -0.39 is 17.7 Å². The predicted octanol–water partition coefficient (Wildman–Crippen LogP) is 2.43. The first-order valence-corrected chi connectivity index (χ1v) is 7.57. The molecule has 0 radical (unpaired) electrons. The Balaban J connectivity index is 1.79. The third kappa shape index (κ3) is 4.95. The van der Waals surface area contributed by atoms with E-state index in [0.29, 0.717) is 26.0 Å². The number of rotatable bonds is 7. The fraction of sp³-hybridized carbons (Fsp3) is 0.500. The van der Waals surface area contributed by atoms with E-state index in [1.54, 1.807) is 7.11 Å².